The van der Waals surface area contributed by atoms with Crippen molar-refractivity contribution in [1.82, 2.24) is 24.3 Å². The molecule has 2 aromatic heterocycles. The molecule has 32 heavy (non-hydrogen) atoms. The summed E-state index contributed by atoms with van der Waals surface area (Å²) in [5, 5.41) is 0.535. The van der Waals surface area contributed by atoms with Crippen LogP contribution in [0.1, 0.15) is 17.5 Å². The number of benzene rings is 1. The molecule has 1 aliphatic heterocycles. The van der Waals surface area contributed by atoms with Crippen molar-refractivity contribution in [3.63, 3.8) is 0 Å². The summed E-state index contributed by atoms with van der Waals surface area (Å²) < 4.78 is 6.82. The van der Waals surface area contributed by atoms with Crippen LogP contribution in [0.3, 0.4) is 0 Å². The van der Waals surface area contributed by atoms with E-state index >= 15 is 0 Å². The molecule has 1 fully saturated rings. The Balaban J connectivity index is 1.48. The number of ether oxygens (including phenoxy) is 1. The minimum absolute atomic E-state index is 0.0294. The standard InChI is InChI=1S/C24H29N5O3/c1-19-4-2-5-21-23(19)26-18-29(24(21)31)17-22(30)28(16-20-6-8-25-9-7-20)11-3-10-27-12-14-32-15-13-27/h2,4-9,18H,3,10-17H2,1H3. The highest BCUT2D eigenvalue weighted by Gasteiger charge is 2.18. The SMILES string of the molecule is Cc1cccc2c(=O)n(CC(=O)N(CCCN3CCOCC3)Cc3ccncc3)cnc12. The zero-order chi connectivity index (χ0) is 22.3. The predicted molar refractivity (Wildman–Crippen MR) is 122 cm³/mol. The Morgan fingerprint density at radius 1 is 1.16 bits per heavy atom. The fourth-order valence-electron chi connectivity index (χ4n) is 4.01. The smallest absolute Gasteiger partial charge is 0.261 e. The van der Waals surface area contributed by atoms with Crippen molar-refractivity contribution < 1.29 is 9.53 Å². The first-order valence-electron chi connectivity index (χ1n) is 11.0. The lowest BCUT2D eigenvalue weighted by Gasteiger charge is -2.28. The van der Waals surface area contributed by atoms with Gasteiger partial charge in [0, 0.05) is 45.1 Å². The van der Waals surface area contributed by atoms with Crippen molar-refractivity contribution in [2.24, 2.45) is 0 Å². The highest BCUT2D eigenvalue weighted by molar-refractivity contribution is 5.81. The molecule has 0 unspecified atom stereocenters. The largest absolute Gasteiger partial charge is 0.379 e. The Morgan fingerprint density at radius 2 is 1.94 bits per heavy atom. The zero-order valence-electron chi connectivity index (χ0n) is 18.4. The van der Waals surface area contributed by atoms with Crippen LogP contribution in [-0.2, 0) is 22.6 Å². The molecule has 0 radical (unpaired) electrons. The van der Waals surface area contributed by atoms with Gasteiger partial charge in [0.05, 0.1) is 30.4 Å². The quantitative estimate of drug-likeness (QED) is 0.537. The van der Waals surface area contributed by atoms with E-state index in [0.29, 0.717) is 24.0 Å². The van der Waals surface area contributed by atoms with Crippen LogP contribution < -0.4 is 5.56 Å². The summed E-state index contributed by atoms with van der Waals surface area (Å²) in [5.74, 6) is -0.0975. The van der Waals surface area contributed by atoms with E-state index in [4.69, 9.17) is 4.74 Å². The molecule has 8 nitrogen and oxygen atoms in total. The van der Waals surface area contributed by atoms with Gasteiger partial charge in [0.25, 0.3) is 5.56 Å². The van der Waals surface area contributed by atoms with Crippen LogP contribution in [0.4, 0.5) is 0 Å². The number of hydrogen-bond acceptors (Lipinski definition) is 6. The maximum Gasteiger partial charge on any atom is 0.261 e. The van der Waals surface area contributed by atoms with Crippen LogP contribution in [-0.4, -0.2) is 69.6 Å². The van der Waals surface area contributed by atoms with E-state index in [9.17, 15) is 9.59 Å². The average molecular weight is 436 g/mol. The van der Waals surface area contributed by atoms with E-state index in [0.717, 1.165) is 50.4 Å². The molecule has 3 heterocycles. The molecule has 0 spiro atoms. The number of nitrogens with zero attached hydrogens (tertiary/aromatic N) is 5. The molecular weight excluding hydrogens is 406 g/mol. The number of morpholine rings is 1. The Morgan fingerprint density at radius 3 is 2.72 bits per heavy atom. The first kappa shape index (κ1) is 22.1. The lowest BCUT2D eigenvalue weighted by molar-refractivity contribution is -0.132. The van der Waals surface area contributed by atoms with Crippen molar-refractivity contribution in [3.8, 4) is 0 Å². The molecule has 0 atom stereocenters. The summed E-state index contributed by atoms with van der Waals surface area (Å²) in [6.45, 7) is 7.29. The third-order valence-electron chi connectivity index (χ3n) is 5.84. The van der Waals surface area contributed by atoms with Gasteiger partial charge in [-0.15, -0.1) is 0 Å². The summed E-state index contributed by atoms with van der Waals surface area (Å²) in [6.07, 6.45) is 5.80. The number of pyridine rings is 1. The van der Waals surface area contributed by atoms with Crippen LogP contribution in [0.2, 0.25) is 0 Å². The van der Waals surface area contributed by atoms with Gasteiger partial charge >= 0.3 is 0 Å². The van der Waals surface area contributed by atoms with Gasteiger partial charge in [0.1, 0.15) is 6.54 Å². The summed E-state index contributed by atoms with van der Waals surface area (Å²) >= 11 is 0. The molecule has 0 saturated carbocycles. The molecule has 1 aromatic carbocycles. The molecule has 1 amide bonds. The molecule has 1 saturated heterocycles. The second-order valence-corrected chi connectivity index (χ2v) is 8.13. The van der Waals surface area contributed by atoms with Crippen molar-refractivity contribution in [2.75, 3.05) is 39.4 Å². The van der Waals surface area contributed by atoms with Gasteiger partial charge in [-0.25, -0.2) is 4.98 Å². The van der Waals surface area contributed by atoms with E-state index in [1.54, 1.807) is 18.5 Å². The van der Waals surface area contributed by atoms with Crippen LogP contribution in [0.5, 0.6) is 0 Å². The number of aryl methyl sites for hydroxylation is 1. The number of aromatic nitrogens is 3. The molecule has 8 heteroatoms. The molecule has 1 aliphatic rings. The molecule has 168 valence electrons. The topological polar surface area (TPSA) is 80.6 Å². The van der Waals surface area contributed by atoms with Crippen LogP contribution >= 0.6 is 0 Å². The van der Waals surface area contributed by atoms with Crippen molar-refractivity contribution >= 4 is 16.8 Å². The maximum absolute atomic E-state index is 13.2. The van der Waals surface area contributed by atoms with Gasteiger partial charge < -0.3 is 9.64 Å². The van der Waals surface area contributed by atoms with Crippen LogP contribution in [0, 0.1) is 6.92 Å². The summed E-state index contributed by atoms with van der Waals surface area (Å²) in [4.78, 5) is 38.9. The minimum Gasteiger partial charge on any atom is -0.379 e. The minimum atomic E-state index is -0.191. The average Bonchev–Trinajstić information content (AvgIpc) is 2.82. The lowest BCUT2D eigenvalue weighted by atomic mass is 10.1. The van der Waals surface area contributed by atoms with Gasteiger partial charge in [-0.3, -0.25) is 24.0 Å². The number of carbonyl (C=O) groups is 1. The van der Waals surface area contributed by atoms with E-state index in [1.165, 1.54) is 10.9 Å². The summed E-state index contributed by atoms with van der Waals surface area (Å²) in [5.41, 5.74) is 2.45. The van der Waals surface area contributed by atoms with Crippen molar-refractivity contribution in [2.45, 2.75) is 26.4 Å². The monoisotopic (exact) mass is 435 g/mol. The van der Waals surface area contributed by atoms with E-state index in [1.807, 2.05) is 36.1 Å². The van der Waals surface area contributed by atoms with Crippen LogP contribution in [0.15, 0.2) is 53.8 Å². The van der Waals surface area contributed by atoms with Gasteiger partial charge in [-0.1, -0.05) is 12.1 Å². The summed E-state index contributed by atoms with van der Waals surface area (Å²) in [7, 11) is 0. The van der Waals surface area contributed by atoms with E-state index < -0.39 is 0 Å². The fourth-order valence-corrected chi connectivity index (χ4v) is 4.01. The first-order chi connectivity index (χ1) is 15.6. The number of amides is 1. The predicted octanol–water partition coefficient (Wildman–Crippen LogP) is 1.85. The fraction of sp³-hybridized carbons (Fsp3) is 0.417. The van der Waals surface area contributed by atoms with Gasteiger partial charge in [-0.05, 0) is 42.7 Å². The van der Waals surface area contributed by atoms with Gasteiger partial charge in [-0.2, -0.15) is 0 Å². The number of hydrogen-bond donors (Lipinski definition) is 0. The lowest BCUT2D eigenvalue weighted by Crippen LogP contribution is -2.40. The Kier molecular flexibility index (Phi) is 7.24. The Bertz CT molecular complexity index is 1110. The molecular formula is C24H29N5O3. The Labute approximate surface area is 187 Å². The number of carbonyl (C=O) groups excluding carboxylic acids is 1. The van der Waals surface area contributed by atoms with E-state index in [-0.39, 0.29) is 18.0 Å². The molecule has 3 aromatic rings. The molecule has 0 aliphatic carbocycles. The second kappa shape index (κ2) is 10.5. The number of rotatable bonds is 8. The first-order valence-corrected chi connectivity index (χ1v) is 11.0. The molecule has 0 N–H and O–H groups in total. The number of para-hydroxylation sites is 1. The highest BCUT2D eigenvalue weighted by Crippen LogP contribution is 2.12. The number of fused-ring (bicyclic) bond motifs is 1. The van der Waals surface area contributed by atoms with Crippen molar-refractivity contribution in [1.29, 1.82) is 0 Å². The van der Waals surface area contributed by atoms with E-state index in [2.05, 4.69) is 14.9 Å². The van der Waals surface area contributed by atoms with Gasteiger partial charge in [0.2, 0.25) is 5.91 Å². The third-order valence-corrected chi connectivity index (χ3v) is 5.84. The Hall–Kier alpha value is -3.10. The van der Waals surface area contributed by atoms with Crippen molar-refractivity contribution in [3.05, 3.63) is 70.5 Å². The second-order valence-electron chi connectivity index (χ2n) is 8.13. The maximum atomic E-state index is 13.2. The third kappa shape index (κ3) is 5.38. The summed E-state index contributed by atoms with van der Waals surface area (Å²) in [6, 6.07) is 9.35. The molecule has 0 bridgehead atoms. The van der Waals surface area contributed by atoms with Crippen LogP contribution in [0.25, 0.3) is 10.9 Å². The molecule has 4 rings (SSSR count). The highest BCUT2D eigenvalue weighted by atomic mass is 16.5. The normalized spacial score (nSPS) is 14.5. The van der Waals surface area contributed by atoms with Gasteiger partial charge in [0.15, 0.2) is 0 Å². The zero-order valence-corrected chi connectivity index (χ0v) is 18.4.